The Hall–Kier alpha value is -1.00. The molecule has 1 fully saturated rings. The van der Waals surface area contributed by atoms with Crippen molar-refractivity contribution in [2.45, 2.75) is 31.3 Å². The van der Waals surface area contributed by atoms with Gasteiger partial charge >= 0.3 is 0 Å². The van der Waals surface area contributed by atoms with Gasteiger partial charge in [0.1, 0.15) is 5.54 Å². The highest BCUT2D eigenvalue weighted by Gasteiger charge is 2.32. The first-order valence-electron chi connectivity index (χ1n) is 6.34. The molecule has 0 aromatic heterocycles. The van der Waals surface area contributed by atoms with Crippen molar-refractivity contribution in [2.24, 2.45) is 5.73 Å². The summed E-state index contributed by atoms with van der Waals surface area (Å²) >= 11 is 1.90. The molecule has 0 radical (unpaired) electrons. The maximum absolute atomic E-state index is 12.3. The van der Waals surface area contributed by atoms with Crippen molar-refractivity contribution in [3.05, 3.63) is 35.9 Å². The molecule has 0 bridgehead atoms. The topological polar surface area (TPSA) is 55.1 Å². The number of hydrogen-bond acceptors (Lipinski definition) is 3. The van der Waals surface area contributed by atoms with E-state index in [0.29, 0.717) is 0 Å². The zero-order chi connectivity index (χ0) is 13.0. The Morgan fingerprint density at radius 2 is 2.17 bits per heavy atom. The zero-order valence-corrected chi connectivity index (χ0v) is 11.5. The molecule has 1 aromatic rings. The van der Waals surface area contributed by atoms with Crippen molar-refractivity contribution < 1.29 is 4.79 Å². The second-order valence-electron chi connectivity index (χ2n) is 4.96. The van der Waals surface area contributed by atoms with E-state index in [2.05, 4.69) is 5.32 Å². The maximum Gasteiger partial charge on any atom is 0.244 e. The number of thioether (sulfide) groups is 1. The minimum Gasteiger partial charge on any atom is -0.351 e. The first-order valence-corrected chi connectivity index (χ1v) is 7.49. The standard InChI is InChI=1S/C14H20N2OS/c1-14(15,11-6-3-2-4-7-11)13(17)16-12-8-5-9-18-10-12/h2-4,6-7,12H,5,8-10,15H2,1H3,(H,16,17). The molecule has 1 aromatic carbocycles. The summed E-state index contributed by atoms with van der Waals surface area (Å²) < 4.78 is 0. The number of rotatable bonds is 3. The fraction of sp³-hybridized carbons (Fsp3) is 0.500. The third-order valence-electron chi connectivity index (χ3n) is 3.34. The quantitative estimate of drug-likeness (QED) is 0.876. The Labute approximate surface area is 113 Å². The largest absolute Gasteiger partial charge is 0.351 e. The highest BCUT2D eigenvalue weighted by Crippen LogP contribution is 2.21. The SMILES string of the molecule is CC(N)(C(=O)NC1CCCSC1)c1ccccc1. The van der Waals surface area contributed by atoms with Gasteiger partial charge in [0, 0.05) is 11.8 Å². The molecule has 0 aliphatic carbocycles. The Bertz CT molecular complexity index is 400. The minimum absolute atomic E-state index is 0.0822. The van der Waals surface area contributed by atoms with Crippen LogP contribution >= 0.6 is 11.8 Å². The fourth-order valence-electron chi connectivity index (χ4n) is 2.11. The van der Waals surface area contributed by atoms with Crippen LogP contribution in [-0.4, -0.2) is 23.5 Å². The summed E-state index contributed by atoms with van der Waals surface area (Å²) in [6, 6.07) is 9.80. The van der Waals surface area contributed by atoms with E-state index in [4.69, 9.17) is 5.73 Å². The van der Waals surface area contributed by atoms with Crippen molar-refractivity contribution >= 4 is 17.7 Å². The molecule has 18 heavy (non-hydrogen) atoms. The number of amides is 1. The Kier molecular flexibility index (Phi) is 4.30. The summed E-state index contributed by atoms with van der Waals surface area (Å²) in [7, 11) is 0. The Morgan fingerprint density at radius 1 is 1.44 bits per heavy atom. The smallest absolute Gasteiger partial charge is 0.244 e. The van der Waals surface area contributed by atoms with E-state index in [1.54, 1.807) is 6.92 Å². The molecule has 1 heterocycles. The van der Waals surface area contributed by atoms with Gasteiger partial charge in [-0.1, -0.05) is 30.3 Å². The molecule has 98 valence electrons. The van der Waals surface area contributed by atoms with E-state index >= 15 is 0 Å². The predicted octanol–water partition coefficient (Wildman–Crippen LogP) is 1.87. The highest BCUT2D eigenvalue weighted by atomic mass is 32.2. The molecule has 1 amide bonds. The van der Waals surface area contributed by atoms with Crippen LogP contribution in [0.1, 0.15) is 25.3 Å². The van der Waals surface area contributed by atoms with E-state index in [1.165, 1.54) is 12.2 Å². The zero-order valence-electron chi connectivity index (χ0n) is 10.7. The number of benzene rings is 1. The molecule has 3 N–H and O–H groups in total. The van der Waals surface area contributed by atoms with Gasteiger partial charge in [-0.15, -0.1) is 0 Å². The third-order valence-corrected chi connectivity index (χ3v) is 4.56. The second kappa shape index (κ2) is 5.76. The number of carbonyl (C=O) groups is 1. The molecule has 0 saturated carbocycles. The minimum atomic E-state index is -0.955. The monoisotopic (exact) mass is 264 g/mol. The average molecular weight is 264 g/mol. The number of nitrogens with one attached hydrogen (secondary N) is 1. The van der Waals surface area contributed by atoms with Crippen LogP contribution in [0.25, 0.3) is 0 Å². The number of carbonyl (C=O) groups excluding carboxylic acids is 1. The van der Waals surface area contributed by atoms with Crippen LogP contribution in [0.15, 0.2) is 30.3 Å². The maximum atomic E-state index is 12.3. The van der Waals surface area contributed by atoms with Crippen molar-refractivity contribution in [3.63, 3.8) is 0 Å². The molecule has 1 aliphatic heterocycles. The van der Waals surface area contributed by atoms with Gasteiger partial charge in [-0.05, 0) is 31.1 Å². The predicted molar refractivity (Wildman–Crippen MR) is 76.5 cm³/mol. The summed E-state index contributed by atoms with van der Waals surface area (Å²) in [6.45, 7) is 1.77. The normalized spacial score (nSPS) is 23.1. The van der Waals surface area contributed by atoms with Gasteiger partial charge in [-0.25, -0.2) is 0 Å². The molecule has 2 atom stereocenters. The van der Waals surface area contributed by atoms with Crippen LogP contribution < -0.4 is 11.1 Å². The lowest BCUT2D eigenvalue weighted by molar-refractivity contribution is -0.126. The Balaban J connectivity index is 2.03. The number of nitrogens with two attached hydrogens (primary N) is 1. The second-order valence-corrected chi connectivity index (χ2v) is 6.11. The van der Waals surface area contributed by atoms with Gasteiger partial charge in [-0.2, -0.15) is 11.8 Å². The molecular weight excluding hydrogens is 244 g/mol. The van der Waals surface area contributed by atoms with Gasteiger partial charge < -0.3 is 11.1 Å². The molecule has 0 spiro atoms. The summed E-state index contributed by atoms with van der Waals surface area (Å²) in [5.41, 5.74) is 6.08. The average Bonchev–Trinajstić information content (AvgIpc) is 2.41. The van der Waals surface area contributed by atoms with Crippen LogP contribution in [0, 0.1) is 0 Å². The van der Waals surface area contributed by atoms with Crippen molar-refractivity contribution in [1.29, 1.82) is 0 Å². The Morgan fingerprint density at radius 3 is 2.78 bits per heavy atom. The first kappa shape index (κ1) is 13.4. The number of hydrogen-bond donors (Lipinski definition) is 2. The van der Waals surface area contributed by atoms with Gasteiger partial charge in [-0.3, -0.25) is 4.79 Å². The summed E-state index contributed by atoms with van der Waals surface area (Å²) in [5, 5.41) is 3.07. The van der Waals surface area contributed by atoms with Crippen LogP contribution in [0.2, 0.25) is 0 Å². The van der Waals surface area contributed by atoms with Crippen molar-refractivity contribution in [3.8, 4) is 0 Å². The lowest BCUT2D eigenvalue weighted by Crippen LogP contribution is -2.52. The molecule has 2 unspecified atom stereocenters. The lowest BCUT2D eigenvalue weighted by Gasteiger charge is -2.29. The first-order chi connectivity index (χ1) is 8.60. The van der Waals surface area contributed by atoms with Gasteiger partial charge in [0.2, 0.25) is 5.91 Å². The molecule has 3 nitrogen and oxygen atoms in total. The van der Waals surface area contributed by atoms with E-state index in [0.717, 1.165) is 17.7 Å². The van der Waals surface area contributed by atoms with Gasteiger partial charge in [0.25, 0.3) is 0 Å². The van der Waals surface area contributed by atoms with Crippen molar-refractivity contribution in [1.82, 2.24) is 5.32 Å². The molecule has 2 rings (SSSR count). The molecule has 4 heteroatoms. The lowest BCUT2D eigenvalue weighted by atomic mass is 9.92. The summed E-state index contributed by atoms with van der Waals surface area (Å²) in [6.07, 6.45) is 2.23. The van der Waals surface area contributed by atoms with E-state index < -0.39 is 5.54 Å². The highest BCUT2D eigenvalue weighted by molar-refractivity contribution is 7.99. The molecular formula is C14H20N2OS. The summed E-state index contributed by atoms with van der Waals surface area (Å²) in [4.78, 5) is 12.3. The van der Waals surface area contributed by atoms with Gasteiger partial charge in [0.05, 0.1) is 0 Å². The van der Waals surface area contributed by atoms with Crippen LogP contribution in [-0.2, 0) is 10.3 Å². The van der Waals surface area contributed by atoms with Crippen molar-refractivity contribution in [2.75, 3.05) is 11.5 Å². The summed E-state index contributed by atoms with van der Waals surface area (Å²) in [5.74, 6) is 2.11. The fourth-order valence-corrected chi connectivity index (χ4v) is 3.18. The van der Waals surface area contributed by atoms with E-state index in [-0.39, 0.29) is 11.9 Å². The third kappa shape index (κ3) is 3.06. The van der Waals surface area contributed by atoms with Crippen LogP contribution in [0.4, 0.5) is 0 Å². The molecule has 1 aliphatic rings. The van der Waals surface area contributed by atoms with Gasteiger partial charge in [0.15, 0.2) is 0 Å². The van der Waals surface area contributed by atoms with E-state index in [1.807, 2.05) is 42.1 Å². The van der Waals surface area contributed by atoms with Crippen LogP contribution in [0.3, 0.4) is 0 Å². The molecule has 1 saturated heterocycles. The van der Waals surface area contributed by atoms with Crippen LogP contribution in [0.5, 0.6) is 0 Å². The van der Waals surface area contributed by atoms with E-state index in [9.17, 15) is 4.79 Å².